The quantitative estimate of drug-likeness (QED) is 0.395. The van der Waals surface area contributed by atoms with Gasteiger partial charge in [0.05, 0.1) is 27.2 Å². The third kappa shape index (κ3) is 5.53. The largest absolute Gasteiger partial charge is 0.497 e. The molecule has 1 amide bonds. The van der Waals surface area contributed by atoms with E-state index in [0.717, 1.165) is 36.6 Å². The summed E-state index contributed by atoms with van der Waals surface area (Å²) in [6.07, 6.45) is 0.952. The van der Waals surface area contributed by atoms with Crippen molar-refractivity contribution in [2.75, 3.05) is 41.5 Å². The van der Waals surface area contributed by atoms with Crippen molar-refractivity contribution >= 4 is 5.91 Å². The maximum Gasteiger partial charge on any atom is 0.250 e. The van der Waals surface area contributed by atoms with Gasteiger partial charge in [0.15, 0.2) is 0 Å². The molecule has 0 saturated carbocycles. The minimum Gasteiger partial charge on any atom is -0.497 e. The van der Waals surface area contributed by atoms with E-state index in [2.05, 4.69) is 70.9 Å². The number of methoxy groups -OCH3 is 2. The van der Waals surface area contributed by atoms with Crippen molar-refractivity contribution < 1.29 is 19.1 Å². The van der Waals surface area contributed by atoms with Gasteiger partial charge in [-0.25, -0.2) is 5.06 Å². The van der Waals surface area contributed by atoms with Crippen molar-refractivity contribution in [2.45, 2.75) is 31.0 Å². The second-order valence-corrected chi connectivity index (χ2v) is 10.4. The van der Waals surface area contributed by atoms with Gasteiger partial charge >= 0.3 is 0 Å². The van der Waals surface area contributed by atoms with E-state index < -0.39 is 0 Å². The molecule has 3 aliphatic heterocycles. The molecule has 5 atom stereocenters. The van der Waals surface area contributed by atoms with Crippen LogP contribution < -0.4 is 14.8 Å². The Kier molecular flexibility index (Phi) is 8.50. The number of hydrogen-bond donors (Lipinski definition) is 1. The molecule has 0 aliphatic carbocycles. The zero-order valence-corrected chi connectivity index (χ0v) is 23.2. The van der Waals surface area contributed by atoms with Crippen LogP contribution in [-0.2, 0) is 16.2 Å². The number of ether oxygens (including phenoxy) is 2. The van der Waals surface area contributed by atoms with Crippen LogP contribution in [0, 0.1) is 11.8 Å². The third-order valence-electron chi connectivity index (χ3n) is 8.52. The number of piperidine rings is 3. The zero-order chi connectivity index (χ0) is 27.4. The standard InChI is InChI=1S/C32H39N3O4/c1-34(39-4)32(36)27-21-35-18-17-26(27)30(33-20-24-19-25(37-2)15-16-28(24)38-3)31(35)29(22-11-7-5-8-12-22)23-13-9-6-10-14-23/h5-16,19,26-27,29-31,33H,17-18,20-21H2,1-4H3/t26-,27-,30-,31-/m0/s1. The van der Waals surface area contributed by atoms with Gasteiger partial charge in [-0.3, -0.25) is 14.5 Å². The van der Waals surface area contributed by atoms with Gasteiger partial charge < -0.3 is 14.8 Å². The van der Waals surface area contributed by atoms with Gasteiger partial charge in [-0.05, 0) is 48.2 Å². The number of hydroxylamine groups is 2. The number of benzene rings is 3. The molecule has 3 aromatic rings. The lowest BCUT2D eigenvalue weighted by Crippen LogP contribution is -2.69. The predicted molar refractivity (Wildman–Crippen MR) is 152 cm³/mol. The lowest BCUT2D eigenvalue weighted by Gasteiger charge is -2.57. The van der Waals surface area contributed by atoms with E-state index >= 15 is 0 Å². The summed E-state index contributed by atoms with van der Waals surface area (Å²) in [7, 11) is 6.62. The number of hydrogen-bond acceptors (Lipinski definition) is 6. The molecule has 0 aromatic heterocycles. The molecule has 39 heavy (non-hydrogen) atoms. The first-order valence-corrected chi connectivity index (χ1v) is 13.7. The molecule has 2 bridgehead atoms. The predicted octanol–water partition coefficient (Wildman–Crippen LogP) is 4.33. The summed E-state index contributed by atoms with van der Waals surface area (Å²) >= 11 is 0. The highest BCUT2D eigenvalue weighted by atomic mass is 16.7. The van der Waals surface area contributed by atoms with Crippen molar-refractivity contribution in [2.24, 2.45) is 11.8 Å². The Morgan fingerprint density at radius 1 is 0.974 bits per heavy atom. The van der Waals surface area contributed by atoms with E-state index in [0.29, 0.717) is 6.54 Å². The highest BCUT2D eigenvalue weighted by molar-refractivity contribution is 5.78. The van der Waals surface area contributed by atoms with Crippen molar-refractivity contribution in [1.29, 1.82) is 0 Å². The van der Waals surface area contributed by atoms with E-state index in [1.165, 1.54) is 16.2 Å². The molecular weight excluding hydrogens is 490 g/mol. The second kappa shape index (κ2) is 12.2. The van der Waals surface area contributed by atoms with E-state index in [4.69, 9.17) is 14.3 Å². The number of nitrogens with zero attached hydrogens (tertiary/aromatic N) is 2. The zero-order valence-electron chi connectivity index (χ0n) is 23.2. The molecule has 3 aromatic carbocycles. The van der Waals surface area contributed by atoms with Crippen molar-refractivity contribution in [3.8, 4) is 11.5 Å². The summed E-state index contributed by atoms with van der Waals surface area (Å²) in [5.41, 5.74) is 3.59. The summed E-state index contributed by atoms with van der Waals surface area (Å²) in [4.78, 5) is 21.3. The molecule has 0 radical (unpaired) electrons. The lowest BCUT2D eigenvalue weighted by atomic mass is 9.66. The van der Waals surface area contributed by atoms with Crippen molar-refractivity contribution in [1.82, 2.24) is 15.3 Å². The first-order chi connectivity index (χ1) is 19.0. The topological polar surface area (TPSA) is 63.3 Å². The average molecular weight is 530 g/mol. The van der Waals surface area contributed by atoms with Gasteiger partial charge in [0.2, 0.25) is 0 Å². The van der Waals surface area contributed by atoms with Crippen LogP contribution >= 0.6 is 0 Å². The first-order valence-electron chi connectivity index (χ1n) is 13.7. The van der Waals surface area contributed by atoms with Crippen LogP contribution in [0.2, 0.25) is 0 Å². The Morgan fingerprint density at radius 2 is 1.64 bits per heavy atom. The van der Waals surface area contributed by atoms with E-state index in [1.807, 2.05) is 18.2 Å². The Labute approximate surface area is 231 Å². The van der Waals surface area contributed by atoms with E-state index in [-0.39, 0.29) is 35.7 Å². The fraction of sp³-hybridized carbons (Fsp3) is 0.406. The maximum absolute atomic E-state index is 13.4. The highest BCUT2D eigenvalue weighted by Crippen LogP contribution is 2.45. The molecule has 0 spiro atoms. The van der Waals surface area contributed by atoms with Crippen LogP contribution in [0.3, 0.4) is 0 Å². The van der Waals surface area contributed by atoms with Gasteiger partial charge in [0, 0.05) is 43.7 Å². The second-order valence-electron chi connectivity index (χ2n) is 10.4. The summed E-state index contributed by atoms with van der Waals surface area (Å²) in [6.45, 7) is 2.29. The molecule has 3 aliphatic rings. The SMILES string of the molecule is COc1ccc(OC)c(CN[C@H]2[C@H]3CCN(C[C@@H]3C(=O)N(C)OC)[C@H]2C(c2ccccc2)c2ccccc2)c1. The van der Waals surface area contributed by atoms with Gasteiger partial charge in [0.1, 0.15) is 11.5 Å². The Bertz CT molecular complexity index is 1200. The fourth-order valence-electron chi connectivity index (χ4n) is 6.61. The van der Waals surface area contributed by atoms with Crippen molar-refractivity contribution in [3.63, 3.8) is 0 Å². The molecule has 7 heteroatoms. The summed E-state index contributed by atoms with van der Waals surface area (Å²) < 4.78 is 11.2. The molecule has 1 unspecified atom stereocenters. The molecule has 1 N–H and O–H groups in total. The molecule has 7 nitrogen and oxygen atoms in total. The number of carbonyl (C=O) groups is 1. The number of carbonyl (C=O) groups excluding carboxylic acids is 1. The maximum atomic E-state index is 13.4. The molecule has 6 rings (SSSR count). The van der Waals surface area contributed by atoms with Crippen LogP contribution in [0.15, 0.2) is 78.9 Å². The number of rotatable bonds is 10. The Morgan fingerprint density at radius 3 is 2.23 bits per heavy atom. The Balaban J connectivity index is 1.55. The minimum atomic E-state index is -0.142. The highest BCUT2D eigenvalue weighted by Gasteiger charge is 2.52. The van der Waals surface area contributed by atoms with Gasteiger partial charge in [-0.15, -0.1) is 0 Å². The van der Waals surface area contributed by atoms with Gasteiger partial charge in [-0.1, -0.05) is 60.7 Å². The van der Waals surface area contributed by atoms with E-state index in [1.54, 1.807) is 28.4 Å². The summed E-state index contributed by atoms with van der Waals surface area (Å²) in [6, 6.07) is 27.6. The van der Waals surface area contributed by atoms with E-state index in [9.17, 15) is 4.79 Å². The third-order valence-corrected chi connectivity index (χ3v) is 8.52. The van der Waals surface area contributed by atoms with Crippen LogP contribution in [0.25, 0.3) is 0 Å². The summed E-state index contributed by atoms with van der Waals surface area (Å²) in [5.74, 6) is 1.81. The molecule has 3 fully saturated rings. The minimum absolute atomic E-state index is 0.0346. The monoisotopic (exact) mass is 529 g/mol. The number of fused-ring (bicyclic) bond motifs is 3. The van der Waals surface area contributed by atoms with Crippen LogP contribution in [0.4, 0.5) is 0 Å². The number of amides is 1. The lowest BCUT2D eigenvalue weighted by molar-refractivity contribution is -0.182. The van der Waals surface area contributed by atoms with Crippen LogP contribution in [-0.4, -0.2) is 69.4 Å². The molecule has 3 heterocycles. The fourth-order valence-corrected chi connectivity index (χ4v) is 6.61. The van der Waals surface area contributed by atoms with Gasteiger partial charge in [-0.2, -0.15) is 0 Å². The molecule has 3 saturated heterocycles. The number of nitrogens with one attached hydrogen (secondary N) is 1. The summed E-state index contributed by atoms with van der Waals surface area (Å²) in [5, 5.41) is 5.30. The smallest absolute Gasteiger partial charge is 0.250 e. The average Bonchev–Trinajstić information content (AvgIpc) is 3.00. The van der Waals surface area contributed by atoms with Crippen molar-refractivity contribution in [3.05, 3.63) is 95.6 Å². The van der Waals surface area contributed by atoms with Gasteiger partial charge in [0.25, 0.3) is 5.91 Å². The van der Waals surface area contributed by atoms with Crippen LogP contribution in [0.5, 0.6) is 11.5 Å². The molecular formula is C32H39N3O4. The first kappa shape index (κ1) is 27.2. The molecule has 206 valence electrons. The normalized spacial score (nSPS) is 24.0. The van der Waals surface area contributed by atoms with Crippen LogP contribution in [0.1, 0.15) is 29.0 Å². The Hall–Kier alpha value is -3.39.